The smallest absolute Gasteiger partial charge is 0.345 e. The molecule has 0 spiro atoms. The molecular weight excluding hydrogens is 282 g/mol. The van der Waals surface area contributed by atoms with E-state index in [1.807, 2.05) is 13.0 Å². The van der Waals surface area contributed by atoms with Gasteiger partial charge in [-0.25, -0.2) is 4.79 Å². The van der Waals surface area contributed by atoms with Gasteiger partial charge < -0.3 is 5.11 Å². The van der Waals surface area contributed by atoms with Gasteiger partial charge in [-0.2, -0.15) is 0 Å². The van der Waals surface area contributed by atoms with Crippen molar-refractivity contribution in [2.24, 2.45) is 0 Å². The number of fused-ring (bicyclic) bond motifs is 1. The van der Waals surface area contributed by atoms with E-state index in [0.717, 1.165) is 31.7 Å². The molecule has 0 amide bonds. The molecule has 2 aromatic rings. The van der Waals surface area contributed by atoms with E-state index in [0.29, 0.717) is 4.88 Å². The van der Waals surface area contributed by atoms with Gasteiger partial charge in [0.25, 0.3) is 0 Å². The van der Waals surface area contributed by atoms with Gasteiger partial charge in [0.15, 0.2) is 0 Å². The molecule has 0 atom stereocenters. The van der Waals surface area contributed by atoms with Crippen LogP contribution in [0.5, 0.6) is 0 Å². The molecule has 2 aromatic heterocycles. The number of carboxylic acid groups (broad SMARTS) is 1. The summed E-state index contributed by atoms with van der Waals surface area (Å²) in [5.41, 5.74) is 2.19. The van der Waals surface area contributed by atoms with Crippen LogP contribution in [0, 0.1) is 6.92 Å². The zero-order valence-electron chi connectivity index (χ0n) is 10.4. The Morgan fingerprint density at radius 2 is 2.42 bits per heavy atom. The number of hydrogen-bond acceptors (Lipinski definition) is 6. The van der Waals surface area contributed by atoms with E-state index in [1.165, 1.54) is 38.2 Å². The molecule has 1 N–H and O–H groups in total. The summed E-state index contributed by atoms with van der Waals surface area (Å²) in [5.74, 6) is -0.826. The van der Waals surface area contributed by atoms with Crippen LogP contribution in [0.4, 0.5) is 0 Å². The fourth-order valence-corrected chi connectivity index (χ4v) is 3.98. The lowest BCUT2D eigenvalue weighted by atomic mass is 10.1. The van der Waals surface area contributed by atoms with E-state index >= 15 is 0 Å². The molecule has 0 fully saturated rings. The first kappa shape index (κ1) is 12.7. The van der Waals surface area contributed by atoms with Crippen molar-refractivity contribution in [2.45, 2.75) is 26.4 Å². The Kier molecular flexibility index (Phi) is 3.34. The number of carbonyl (C=O) groups is 1. The maximum absolute atomic E-state index is 11.0. The number of nitrogens with zero attached hydrogens (tertiary/aromatic N) is 3. The Morgan fingerprint density at radius 1 is 1.58 bits per heavy atom. The minimum atomic E-state index is -0.826. The summed E-state index contributed by atoms with van der Waals surface area (Å²) in [4.78, 5) is 16.1. The van der Waals surface area contributed by atoms with Crippen LogP contribution in [0.2, 0.25) is 0 Å². The quantitative estimate of drug-likeness (QED) is 0.940. The van der Waals surface area contributed by atoms with E-state index in [-0.39, 0.29) is 0 Å². The summed E-state index contributed by atoms with van der Waals surface area (Å²) in [5, 5.41) is 13.0. The molecule has 0 bridgehead atoms. The third-order valence-corrected chi connectivity index (χ3v) is 5.24. The average Bonchev–Trinajstić information content (AvgIpc) is 2.96. The molecule has 1 aliphatic heterocycles. The van der Waals surface area contributed by atoms with E-state index in [4.69, 9.17) is 5.11 Å². The average molecular weight is 295 g/mol. The Bertz CT molecular complexity index is 620. The molecule has 0 unspecified atom stereocenters. The minimum absolute atomic E-state index is 0.447. The lowest BCUT2D eigenvalue weighted by Crippen LogP contribution is -2.28. The standard InChI is InChI=1S/C12H13N3O2S2/c1-7-10(19-14-13-7)5-15-3-2-8-4-9(12(16)17)18-11(8)6-15/h4H,2-3,5-6H2,1H3,(H,16,17). The molecular formula is C12H13N3O2S2. The van der Waals surface area contributed by atoms with Crippen LogP contribution in [0.3, 0.4) is 0 Å². The van der Waals surface area contributed by atoms with Gasteiger partial charge >= 0.3 is 5.97 Å². The first-order valence-electron chi connectivity index (χ1n) is 5.98. The number of aryl methyl sites for hydroxylation is 1. The second kappa shape index (κ2) is 4.99. The minimum Gasteiger partial charge on any atom is -0.477 e. The number of thiophene rings is 1. The van der Waals surface area contributed by atoms with Crippen molar-refractivity contribution in [2.75, 3.05) is 6.54 Å². The fourth-order valence-electron chi connectivity index (χ4n) is 2.21. The molecule has 7 heteroatoms. The Morgan fingerprint density at radius 3 is 3.11 bits per heavy atom. The lowest BCUT2D eigenvalue weighted by molar-refractivity contribution is 0.0702. The zero-order chi connectivity index (χ0) is 13.4. The molecule has 1 aliphatic rings. The monoisotopic (exact) mass is 295 g/mol. The molecule has 0 saturated carbocycles. The molecule has 100 valence electrons. The van der Waals surface area contributed by atoms with Crippen LogP contribution in [0.1, 0.15) is 30.7 Å². The molecule has 0 aromatic carbocycles. The normalized spacial score (nSPS) is 15.4. The SMILES string of the molecule is Cc1nnsc1CN1CCc2cc(C(=O)O)sc2C1. The zero-order valence-corrected chi connectivity index (χ0v) is 12.1. The third-order valence-electron chi connectivity index (χ3n) is 3.28. The van der Waals surface area contributed by atoms with Gasteiger partial charge in [0.1, 0.15) is 4.88 Å². The third kappa shape index (κ3) is 2.54. The van der Waals surface area contributed by atoms with Gasteiger partial charge in [-0.1, -0.05) is 4.49 Å². The highest BCUT2D eigenvalue weighted by atomic mass is 32.1. The number of carboxylic acids is 1. The molecule has 0 radical (unpaired) electrons. The number of rotatable bonds is 3. The maximum atomic E-state index is 11.0. The van der Waals surface area contributed by atoms with E-state index in [9.17, 15) is 4.79 Å². The van der Waals surface area contributed by atoms with Crippen molar-refractivity contribution >= 4 is 28.8 Å². The predicted molar refractivity (Wildman–Crippen MR) is 73.7 cm³/mol. The maximum Gasteiger partial charge on any atom is 0.345 e. The van der Waals surface area contributed by atoms with Crippen molar-refractivity contribution in [3.8, 4) is 0 Å². The van der Waals surface area contributed by atoms with Crippen molar-refractivity contribution in [1.82, 2.24) is 14.5 Å². The van der Waals surface area contributed by atoms with Gasteiger partial charge in [-0.3, -0.25) is 4.90 Å². The van der Waals surface area contributed by atoms with Crippen LogP contribution in [0.25, 0.3) is 0 Å². The summed E-state index contributed by atoms with van der Waals surface area (Å²) < 4.78 is 3.95. The van der Waals surface area contributed by atoms with E-state index in [1.54, 1.807) is 0 Å². The van der Waals surface area contributed by atoms with Gasteiger partial charge in [0, 0.05) is 24.5 Å². The molecule has 3 heterocycles. The Balaban J connectivity index is 1.75. The van der Waals surface area contributed by atoms with Crippen LogP contribution in [-0.2, 0) is 19.5 Å². The number of aromatic carboxylic acids is 1. The summed E-state index contributed by atoms with van der Waals surface area (Å²) >= 11 is 2.84. The van der Waals surface area contributed by atoms with Crippen molar-refractivity contribution < 1.29 is 9.90 Å². The second-order valence-electron chi connectivity index (χ2n) is 4.61. The number of hydrogen-bond donors (Lipinski definition) is 1. The largest absolute Gasteiger partial charge is 0.477 e. The number of aromatic nitrogens is 2. The van der Waals surface area contributed by atoms with Crippen LogP contribution < -0.4 is 0 Å². The van der Waals surface area contributed by atoms with E-state index < -0.39 is 5.97 Å². The van der Waals surface area contributed by atoms with Crippen LogP contribution >= 0.6 is 22.9 Å². The summed E-state index contributed by atoms with van der Waals surface area (Å²) in [6.45, 7) is 4.61. The topological polar surface area (TPSA) is 66.3 Å². The fraction of sp³-hybridized carbons (Fsp3) is 0.417. The van der Waals surface area contributed by atoms with E-state index in [2.05, 4.69) is 14.5 Å². The Labute approximate surface area is 118 Å². The molecule has 0 saturated heterocycles. The summed E-state index contributed by atoms with van der Waals surface area (Å²) in [7, 11) is 0. The second-order valence-corrected chi connectivity index (χ2v) is 6.58. The Hall–Kier alpha value is -1.31. The van der Waals surface area contributed by atoms with Gasteiger partial charge in [-0.05, 0) is 36.5 Å². The highest BCUT2D eigenvalue weighted by Crippen LogP contribution is 2.29. The van der Waals surface area contributed by atoms with Crippen molar-refractivity contribution in [1.29, 1.82) is 0 Å². The summed E-state index contributed by atoms with van der Waals surface area (Å²) in [6.07, 6.45) is 0.921. The lowest BCUT2D eigenvalue weighted by Gasteiger charge is -2.25. The molecule has 0 aliphatic carbocycles. The first-order valence-corrected chi connectivity index (χ1v) is 7.57. The molecule has 3 rings (SSSR count). The van der Waals surface area contributed by atoms with Gasteiger partial charge in [-0.15, -0.1) is 16.4 Å². The van der Waals surface area contributed by atoms with Crippen molar-refractivity contribution in [3.05, 3.63) is 32.0 Å². The first-order chi connectivity index (χ1) is 9.13. The van der Waals surface area contributed by atoms with Crippen LogP contribution in [-0.4, -0.2) is 32.1 Å². The van der Waals surface area contributed by atoms with Gasteiger partial charge in [0.05, 0.1) is 10.6 Å². The molecule has 19 heavy (non-hydrogen) atoms. The highest BCUT2D eigenvalue weighted by Gasteiger charge is 2.22. The summed E-state index contributed by atoms with van der Waals surface area (Å²) in [6, 6.07) is 1.82. The molecule has 5 nitrogen and oxygen atoms in total. The van der Waals surface area contributed by atoms with Crippen LogP contribution in [0.15, 0.2) is 6.07 Å². The predicted octanol–water partition coefficient (Wildman–Crippen LogP) is 2.16. The van der Waals surface area contributed by atoms with Crippen molar-refractivity contribution in [3.63, 3.8) is 0 Å². The highest BCUT2D eigenvalue weighted by molar-refractivity contribution is 7.14. The van der Waals surface area contributed by atoms with Gasteiger partial charge in [0.2, 0.25) is 0 Å².